The number of barbiturate groups is 1. The van der Waals surface area contributed by atoms with Crippen LogP contribution < -0.4 is 24.4 Å². The standard InChI is InChI=1S/C22H21ClN2O6/c1-4-9-31-19-17(23)11-13(12-18(19)30-3)10-16-20(26)24-22(28)25(21(16)27)14-5-7-15(29-2)8-6-14/h5-8,10-12H,4,9H2,1-3H3,(H,24,26,28)/b16-10+. The number of urea groups is 1. The van der Waals surface area contributed by atoms with Crippen LogP contribution in [0.3, 0.4) is 0 Å². The number of hydrogen-bond acceptors (Lipinski definition) is 6. The van der Waals surface area contributed by atoms with E-state index in [4.69, 9.17) is 25.8 Å². The van der Waals surface area contributed by atoms with E-state index in [1.165, 1.54) is 20.3 Å². The maximum absolute atomic E-state index is 13.0. The SMILES string of the molecule is CCCOc1c(Cl)cc(/C=C2\C(=O)NC(=O)N(c3ccc(OC)cc3)C2=O)cc1OC. The van der Waals surface area contributed by atoms with Crippen molar-refractivity contribution in [3.63, 3.8) is 0 Å². The molecule has 1 fully saturated rings. The third kappa shape index (κ3) is 4.64. The molecule has 4 amide bonds. The highest BCUT2D eigenvalue weighted by Gasteiger charge is 2.36. The smallest absolute Gasteiger partial charge is 0.335 e. The number of amides is 4. The van der Waals surface area contributed by atoms with Gasteiger partial charge in [0, 0.05) is 0 Å². The van der Waals surface area contributed by atoms with Crippen LogP contribution in [-0.2, 0) is 9.59 Å². The maximum Gasteiger partial charge on any atom is 0.335 e. The third-order valence-electron chi connectivity index (χ3n) is 4.45. The first-order valence-electron chi connectivity index (χ1n) is 9.45. The summed E-state index contributed by atoms with van der Waals surface area (Å²) in [6.45, 7) is 2.42. The van der Waals surface area contributed by atoms with E-state index in [1.54, 1.807) is 36.4 Å². The van der Waals surface area contributed by atoms with Crippen molar-refractivity contribution in [1.29, 1.82) is 0 Å². The minimum atomic E-state index is -0.837. The summed E-state index contributed by atoms with van der Waals surface area (Å²) in [6.07, 6.45) is 2.13. The Morgan fingerprint density at radius 1 is 1.06 bits per heavy atom. The number of benzene rings is 2. The van der Waals surface area contributed by atoms with Gasteiger partial charge >= 0.3 is 6.03 Å². The molecule has 0 bridgehead atoms. The summed E-state index contributed by atoms with van der Waals surface area (Å²) in [5.74, 6) is -0.267. The van der Waals surface area contributed by atoms with Gasteiger partial charge in [0.15, 0.2) is 11.5 Å². The van der Waals surface area contributed by atoms with Gasteiger partial charge in [-0.25, -0.2) is 9.69 Å². The van der Waals surface area contributed by atoms with E-state index in [9.17, 15) is 14.4 Å². The van der Waals surface area contributed by atoms with Gasteiger partial charge in [-0.15, -0.1) is 0 Å². The van der Waals surface area contributed by atoms with Gasteiger partial charge in [-0.05, 0) is 54.5 Å². The summed E-state index contributed by atoms with van der Waals surface area (Å²) in [6, 6.07) is 8.61. The molecule has 1 aliphatic heterocycles. The quantitative estimate of drug-likeness (QED) is 0.515. The number of methoxy groups -OCH3 is 2. The number of carbonyl (C=O) groups is 3. The number of imide groups is 2. The fraction of sp³-hybridized carbons (Fsp3) is 0.227. The van der Waals surface area contributed by atoms with Crippen molar-refractivity contribution in [1.82, 2.24) is 5.32 Å². The molecule has 8 nitrogen and oxygen atoms in total. The molecule has 1 saturated heterocycles. The highest BCUT2D eigenvalue weighted by Crippen LogP contribution is 2.37. The number of carbonyl (C=O) groups excluding carboxylic acids is 3. The molecule has 0 saturated carbocycles. The van der Waals surface area contributed by atoms with Gasteiger partial charge in [0.25, 0.3) is 11.8 Å². The van der Waals surface area contributed by atoms with E-state index in [-0.39, 0.29) is 10.6 Å². The van der Waals surface area contributed by atoms with Gasteiger partial charge in [0.05, 0.1) is 31.5 Å². The molecule has 31 heavy (non-hydrogen) atoms. The number of nitrogens with zero attached hydrogens (tertiary/aromatic N) is 1. The molecule has 162 valence electrons. The summed E-state index contributed by atoms with van der Waals surface area (Å²) in [5.41, 5.74) is 0.504. The minimum absolute atomic E-state index is 0.226. The molecule has 9 heteroatoms. The summed E-state index contributed by atoms with van der Waals surface area (Å²) < 4.78 is 16.0. The Morgan fingerprint density at radius 2 is 1.77 bits per heavy atom. The molecule has 0 atom stereocenters. The van der Waals surface area contributed by atoms with Crippen molar-refractivity contribution in [3.05, 3.63) is 52.6 Å². The second kappa shape index (κ2) is 9.53. The predicted molar refractivity (Wildman–Crippen MR) is 116 cm³/mol. The van der Waals surface area contributed by atoms with Crippen LogP contribution in [0.2, 0.25) is 5.02 Å². The van der Waals surface area contributed by atoms with Crippen molar-refractivity contribution < 1.29 is 28.6 Å². The van der Waals surface area contributed by atoms with Gasteiger partial charge in [0.2, 0.25) is 0 Å². The average Bonchev–Trinajstić information content (AvgIpc) is 2.76. The highest BCUT2D eigenvalue weighted by molar-refractivity contribution is 6.39. The summed E-state index contributed by atoms with van der Waals surface area (Å²) in [5, 5.41) is 2.45. The zero-order chi connectivity index (χ0) is 22.5. The number of anilines is 1. The normalized spacial score (nSPS) is 15.2. The number of rotatable bonds is 7. The lowest BCUT2D eigenvalue weighted by atomic mass is 10.1. The first-order chi connectivity index (χ1) is 14.9. The zero-order valence-corrected chi connectivity index (χ0v) is 18.0. The van der Waals surface area contributed by atoms with Crippen LogP contribution in [0.25, 0.3) is 6.08 Å². The topological polar surface area (TPSA) is 94.2 Å². The second-order valence-corrected chi connectivity index (χ2v) is 6.95. The largest absolute Gasteiger partial charge is 0.497 e. The Labute approximate surface area is 184 Å². The summed E-state index contributed by atoms with van der Waals surface area (Å²) >= 11 is 6.32. The van der Waals surface area contributed by atoms with Gasteiger partial charge in [-0.3, -0.25) is 14.9 Å². The van der Waals surface area contributed by atoms with E-state index in [0.717, 1.165) is 11.3 Å². The van der Waals surface area contributed by atoms with E-state index in [1.807, 2.05) is 6.92 Å². The summed E-state index contributed by atoms with van der Waals surface area (Å²) in [7, 11) is 2.97. The lowest BCUT2D eigenvalue weighted by Gasteiger charge is -2.26. The molecule has 1 N–H and O–H groups in total. The Kier molecular flexibility index (Phi) is 6.81. The molecule has 0 aliphatic carbocycles. The molecule has 0 aromatic heterocycles. The van der Waals surface area contributed by atoms with Crippen LogP contribution in [0.4, 0.5) is 10.5 Å². The lowest BCUT2D eigenvalue weighted by molar-refractivity contribution is -0.122. The van der Waals surface area contributed by atoms with Crippen molar-refractivity contribution in [2.45, 2.75) is 13.3 Å². The lowest BCUT2D eigenvalue weighted by Crippen LogP contribution is -2.54. The van der Waals surface area contributed by atoms with E-state index in [2.05, 4.69) is 5.32 Å². The van der Waals surface area contributed by atoms with Crippen molar-refractivity contribution in [3.8, 4) is 17.2 Å². The number of halogens is 1. The van der Waals surface area contributed by atoms with Gasteiger partial charge in [-0.1, -0.05) is 18.5 Å². The highest BCUT2D eigenvalue weighted by atomic mass is 35.5. The Balaban J connectivity index is 1.98. The van der Waals surface area contributed by atoms with Crippen LogP contribution >= 0.6 is 11.6 Å². The Hall–Kier alpha value is -3.52. The molecular weight excluding hydrogens is 424 g/mol. The number of ether oxygens (including phenoxy) is 3. The molecule has 3 rings (SSSR count). The first kappa shape index (κ1) is 22.2. The van der Waals surface area contributed by atoms with Gasteiger partial charge in [0.1, 0.15) is 11.3 Å². The van der Waals surface area contributed by atoms with Crippen molar-refractivity contribution >= 4 is 41.2 Å². The Bertz CT molecular complexity index is 1050. The first-order valence-corrected chi connectivity index (χ1v) is 9.83. The number of hydrogen-bond donors (Lipinski definition) is 1. The molecule has 1 heterocycles. The minimum Gasteiger partial charge on any atom is -0.497 e. The molecule has 1 aliphatic rings. The fourth-order valence-corrected chi connectivity index (χ4v) is 3.23. The zero-order valence-electron chi connectivity index (χ0n) is 17.2. The van der Waals surface area contributed by atoms with Crippen LogP contribution in [0.15, 0.2) is 42.0 Å². The van der Waals surface area contributed by atoms with Crippen LogP contribution in [-0.4, -0.2) is 38.7 Å². The van der Waals surface area contributed by atoms with Crippen LogP contribution in [0.5, 0.6) is 17.2 Å². The van der Waals surface area contributed by atoms with Crippen molar-refractivity contribution in [2.75, 3.05) is 25.7 Å². The van der Waals surface area contributed by atoms with E-state index in [0.29, 0.717) is 35.1 Å². The van der Waals surface area contributed by atoms with E-state index < -0.39 is 17.8 Å². The molecule has 2 aromatic rings. The maximum atomic E-state index is 13.0. The molecular formula is C22H21ClN2O6. The van der Waals surface area contributed by atoms with Crippen LogP contribution in [0, 0.1) is 0 Å². The predicted octanol–water partition coefficient (Wildman–Crippen LogP) is 3.81. The number of nitrogens with one attached hydrogen (secondary N) is 1. The van der Waals surface area contributed by atoms with Gasteiger partial charge in [-0.2, -0.15) is 0 Å². The van der Waals surface area contributed by atoms with Crippen molar-refractivity contribution in [2.24, 2.45) is 0 Å². The molecule has 0 radical (unpaired) electrons. The average molecular weight is 445 g/mol. The summed E-state index contributed by atoms with van der Waals surface area (Å²) in [4.78, 5) is 38.6. The van der Waals surface area contributed by atoms with E-state index >= 15 is 0 Å². The van der Waals surface area contributed by atoms with Gasteiger partial charge < -0.3 is 14.2 Å². The van der Waals surface area contributed by atoms with Crippen LogP contribution in [0.1, 0.15) is 18.9 Å². The molecule has 2 aromatic carbocycles. The second-order valence-electron chi connectivity index (χ2n) is 6.54. The third-order valence-corrected chi connectivity index (χ3v) is 4.73. The molecule has 0 unspecified atom stereocenters. The Morgan fingerprint density at radius 3 is 2.39 bits per heavy atom. The fourth-order valence-electron chi connectivity index (χ4n) is 2.96. The molecule has 0 spiro atoms. The monoisotopic (exact) mass is 444 g/mol.